The number of rotatable bonds is 1. The third kappa shape index (κ3) is 1.16. The SMILES string of the molecule is CC1=C(C)C2C(C)CCC1C2N=[N+]=[N-]. The van der Waals surface area contributed by atoms with Gasteiger partial charge in [-0.3, -0.25) is 0 Å². The monoisotopic (exact) mass is 191 g/mol. The fourth-order valence-corrected chi connectivity index (χ4v) is 3.30. The lowest BCUT2D eigenvalue weighted by molar-refractivity contribution is 0.235. The molecule has 2 aliphatic carbocycles. The molecule has 4 atom stereocenters. The molecule has 0 aromatic carbocycles. The van der Waals surface area contributed by atoms with Gasteiger partial charge >= 0.3 is 0 Å². The summed E-state index contributed by atoms with van der Waals surface area (Å²) < 4.78 is 0. The number of hydrogen-bond donors (Lipinski definition) is 0. The lowest BCUT2D eigenvalue weighted by Crippen LogP contribution is -2.31. The van der Waals surface area contributed by atoms with Crippen LogP contribution in [0.1, 0.15) is 33.6 Å². The predicted molar refractivity (Wildman–Crippen MR) is 56.7 cm³/mol. The summed E-state index contributed by atoms with van der Waals surface area (Å²) in [7, 11) is 0. The van der Waals surface area contributed by atoms with E-state index in [9.17, 15) is 0 Å². The molecule has 0 aliphatic heterocycles. The first-order valence-corrected chi connectivity index (χ1v) is 5.38. The minimum absolute atomic E-state index is 0.212. The zero-order chi connectivity index (χ0) is 10.3. The van der Waals surface area contributed by atoms with Gasteiger partial charge in [-0.05, 0) is 50.0 Å². The van der Waals surface area contributed by atoms with Gasteiger partial charge in [-0.2, -0.15) is 0 Å². The molecule has 2 bridgehead atoms. The Kier molecular flexibility index (Phi) is 2.28. The Balaban J connectivity index is 2.38. The molecular weight excluding hydrogens is 174 g/mol. The van der Waals surface area contributed by atoms with Crippen molar-refractivity contribution in [2.75, 3.05) is 0 Å². The lowest BCUT2D eigenvalue weighted by atomic mass is 9.74. The van der Waals surface area contributed by atoms with Crippen LogP contribution >= 0.6 is 0 Å². The summed E-state index contributed by atoms with van der Waals surface area (Å²) in [6.45, 7) is 6.70. The Morgan fingerprint density at radius 2 is 2.00 bits per heavy atom. The van der Waals surface area contributed by atoms with E-state index in [2.05, 4.69) is 30.8 Å². The van der Waals surface area contributed by atoms with Gasteiger partial charge in [0, 0.05) is 4.91 Å². The summed E-state index contributed by atoms with van der Waals surface area (Å²) in [6.07, 6.45) is 2.48. The van der Waals surface area contributed by atoms with E-state index in [-0.39, 0.29) is 6.04 Å². The molecule has 0 amide bonds. The topological polar surface area (TPSA) is 48.8 Å². The van der Waals surface area contributed by atoms with Crippen molar-refractivity contribution >= 4 is 0 Å². The van der Waals surface area contributed by atoms with Crippen molar-refractivity contribution in [1.29, 1.82) is 0 Å². The van der Waals surface area contributed by atoms with Gasteiger partial charge in [0.25, 0.3) is 0 Å². The molecule has 1 saturated carbocycles. The van der Waals surface area contributed by atoms with E-state index in [1.54, 1.807) is 0 Å². The molecular formula is C11H17N3. The summed E-state index contributed by atoms with van der Waals surface area (Å²) in [6, 6.07) is 0.212. The first-order chi connectivity index (χ1) is 6.66. The van der Waals surface area contributed by atoms with Crippen LogP contribution in [0.2, 0.25) is 0 Å². The first-order valence-electron chi connectivity index (χ1n) is 5.38. The Morgan fingerprint density at radius 3 is 2.64 bits per heavy atom. The Bertz CT molecular complexity index is 325. The molecule has 76 valence electrons. The minimum Gasteiger partial charge on any atom is -0.0894 e. The van der Waals surface area contributed by atoms with Crippen molar-refractivity contribution in [2.24, 2.45) is 22.9 Å². The van der Waals surface area contributed by atoms with Crippen LogP contribution in [0.15, 0.2) is 16.3 Å². The molecule has 0 spiro atoms. The van der Waals surface area contributed by atoms with Crippen LogP contribution in [0.4, 0.5) is 0 Å². The number of azide groups is 1. The summed E-state index contributed by atoms with van der Waals surface area (Å²) in [5.74, 6) is 1.73. The molecule has 4 unspecified atom stereocenters. The molecule has 0 saturated heterocycles. The Morgan fingerprint density at radius 1 is 1.29 bits per heavy atom. The highest BCUT2D eigenvalue weighted by Gasteiger charge is 2.44. The minimum atomic E-state index is 0.212. The van der Waals surface area contributed by atoms with Crippen molar-refractivity contribution in [1.82, 2.24) is 0 Å². The van der Waals surface area contributed by atoms with E-state index in [1.807, 2.05) is 0 Å². The van der Waals surface area contributed by atoms with Crippen LogP contribution < -0.4 is 0 Å². The molecule has 2 aliphatic rings. The molecule has 14 heavy (non-hydrogen) atoms. The highest BCUT2D eigenvalue weighted by atomic mass is 15.2. The lowest BCUT2D eigenvalue weighted by Gasteiger charge is -2.33. The van der Waals surface area contributed by atoms with Gasteiger partial charge in [0.2, 0.25) is 0 Å². The average Bonchev–Trinajstić information content (AvgIpc) is 2.32. The first kappa shape index (κ1) is 9.60. The van der Waals surface area contributed by atoms with Crippen molar-refractivity contribution in [2.45, 2.75) is 39.7 Å². The third-order valence-electron chi connectivity index (χ3n) is 4.19. The van der Waals surface area contributed by atoms with E-state index < -0.39 is 0 Å². The molecule has 0 heterocycles. The van der Waals surface area contributed by atoms with E-state index in [0.717, 1.165) is 0 Å². The van der Waals surface area contributed by atoms with E-state index in [4.69, 9.17) is 5.53 Å². The zero-order valence-corrected chi connectivity index (χ0v) is 9.07. The maximum atomic E-state index is 8.58. The number of nitrogens with zero attached hydrogens (tertiary/aromatic N) is 3. The normalized spacial score (nSPS) is 41.1. The van der Waals surface area contributed by atoms with Gasteiger partial charge < -0.3 is 0 Å². The highest BCUT2D eigenvalue weighted by molar-refractivity contribution is 5.29. The summed E-state index contributed by atoms with van der Waals surface area (Å²) in [5.41, 5.74) is 11.5. The molecule has 2 rings (SSSR count). The van der Waals surface area contributed by atoms with Gasteiger partial charge in [0.05, 0.1) is 6.04 Å². The third-order valence-corrected chi connectivity index (χ3v) is 4.19. The number of hydrogen-bond acceptors (Lipinski definition) is 1. The van der Waals surface area contributed by atoms with Gasteiger partial charge in [-0.25, -0.2) is 0 Å². The van der Waals surface area contributed by atoms with Crippen LogP contribution in [-0.2, 0) is 0 Å². The van der Waals surface area contributed by atoms with Crippen LogP contribution in [0.5, 0.6) is 0 Å². The predicted octanol–water partition coefficient (Wildman–Crippen LogP) is 3.68. The summed E-state index contributed by atoms with van der Waals surface area (Å²) in [4.78, 5) is 3.00. The van der Waals surface area contributed by atoms with Crippen molar-refractivity contribution in [3.8, 4) is 0 Å². The molecule has 0 aromatic rings. The second kappa shape index (κ2) is 3.32. The van der Waals surface area contributed by atoms with Crippen LogP contribution in [0, 0.1) is 17.8 Å². The largest absolute Gasteiger partial charge is 0.0894 e. The summed E-state index contributed by atoms with van der Waals surface area (Å²) in [5, 5.41) is 4.00. The molecule has 3 nitrogen and oxygen atoms in total. The molecule has 0 aromatic heterocycles. The van der Waals surface area contributed by atoms with Crippen molar-refractivity contribution in [3.05, 3.63) is 21.6 Å². The Hall–Kier alpha value is -0.950. The van der Waals surface area contributed by atoms with E-state index in [0.29, 0.717) is 17.8 Å². The standard InChI is InChI=1S/C11H17N3/c1-6-4-5-9-7(2)8(3)10(6)11(9)13-14-12/h6,9-11H,4-5H2,1-3H3. The second-order valence-corrected chi connectivity index (χ2v) is 4.75. The fourth-order valence-electron chi connectivity index (χ4n) is 3.30. The summed E-state index contributed by atoms with van der Waals surface area (Å²) >= 11 is 0. The molecule has 0 radical (unpaired) electrons. The van der Waals surface area contributed by atoms with E-state index in [1.165, 1.54) is 24.0 Å². The fraction of sp³-hybridized carbons (Fsp3) is 0.818. The van der Waals surface area contributed by atoms with Gasteiger partial charge in [0.15, 0.2) is 0 Å². The van der Waals surface area contributed by atoms with Crippen LogP contribution in [0.25, 0.3) is 10.4 Å². The van der Waals surface area contributed by atoms with Gasteiger partial charge in [0.1, 0.15) is 0 Å². The highest BCUT2D eigenvalue weighted by Crippen LogP contribution is 2.50. The molecule has 1 fully saturated rings. The zero-order valence-electron chi connectivity index (χ0n) is 9.07. The molecule has 0 N–H and O–H groups in total. The molecule has 3 heteroatoms. The van der Waals surface area contributed by atoms with Crippen molar-refractivity contribution in [3.63, 3.8) is 0 Å². The average molecular weight is 191 g/mol. The van der Waals surface area contributed by atoms with Crippen LogP contribution in [-0.4, -0.2) is 6.04 Å². The van der Waals surface area contributed by atoms with Crippen LogP contribution in [0.3, 0.4) is 0 Å². The number of fused-ring (bicyclic) bond motifs is 2. The maximum Gasteiger partial charge on any atom is 0.0507 e. The van der Waals surface area contributed by atoms with Gasteiger partial charge in [-0.15, -0.1) is 0 Å². The van der Waals surface area contributed by atoms with E-state index >= 15 is 0 Å². The quantitative estimate of drug-likeness (QED) is 0.263. The Labute approximate surface area is 84.8 Å². The maximum absolute atomic E-state index is 8.58. The van der Waals surface area contributed by atoms with Gasteiger partial charge in [-0.1, -0.05) is 23.2 Å². The second-order valence-electron chi connectivity index (χ2n) is 4.75. The van der Waals surface area contributed by atoms with Crippen molar-refractivity contribution < 1.29 is 0 Å². The smallest absolute Gasteiger partial charge is 0.0507 e.